The molecule has 6 heteroatoms. The lowest BCUT2D eigenvalue weighted by Gasteiger charge is -2.06. The molecule has 110 valence electrons. The summed E-state index contributed by atoms with van der Waals surface area (Å²) < 4.78 is 31.6. The molecule has 2 aromatic rings. The van der Waals surface area contributed by atoms with E-state index in [9.17, 15) is 13.6 Å². The smallest absolute Gasteiger partial charge is 0.237 e. The summed E-state index contributed by atoms with van der Waals surface area (Å²) >= 11 is 0. The second-order valence-electron chi connectivity index (χ2n) is 5.23. The van der Waals surface area contributed by atoms with E-state index in [-0.39, 0.29) is 23.1 Å². The molecular formula is C15H14F2N2O2. The zero-order valence-corrected chi connectivity index (χ0v) is 11.3. The number of aromatic nitrogens is 2. The van der Waals surface area contributed by atoms with Crippen LogP contribution in [0.4, 0.5) is 8.78 Å². The number of ketones is 1. The molecule has 0 radical (unpaired) electrons. The summed E-state index contributed by atoms with van der Waals surface area (Å²) in [6.45, 7) is 0. The molecule has 21 heavy (non-hydrogen) atoms. The van der Waals surface area contributed by atoms with Gasteiger partial charge in [0, 0.05) is 18.1 Å². The third-order valence-electron chi connectivity index (χ3n) is 3.67. The number of carbonyl (C=O) groups is 1. The number of carbonyl (C=O) groups excluding carboxylic acids is 1. The van der Waals surface area contributed by atoms with Crippen LogP contribution in [-0.2, 0) is 4.79 Å². The van der Waals surface area contributed by atoms with Crippen LogP contribution in [0.2, 0.25) is 0 Å². The van der Waals surface area contributed by atoms with Gasteiger partial charge < -0.3 is 4.52 Å². The maximum Gasteiger partial charge on any atom is 0.237 e. The first-order chi connectivity index (χ1) is 10.1. The molecule has 1 aliphatic carbocycles. The molecule has 4 nitrogen and oxygen atoms in total. The van der Waals surface area contributed by atoms with E-state index in [1.807, 2.05) is 0 Å². The summed E-state index contributed by atoms with van der Waals surface area (Å²) in [6.07, 6.45) is 4.02. The van der Waals surface area contributed by atoms with Crippen molar-refractivity contribution in [3.63, 3.8) is 0 Å². The Kier molecular flexibility index (Phi) is 3.77. The van der Waals surface area contributed by atoms with Crippen LogP contribution in [0.15, 0.2) is 22.7 Å². The molecule has 0 saturated heterocycles. The van der Waals surface area contributed by atoms with Crippen LogP contribution >= 0.6 is 0 Å². The van der Waals surface area contributed by atoms with Crippen LogP contribution in [0.1, 0.15) is 43.9 Å². The van der Waals surface area contributed by atoms with Gasteiger partial charge in [-0.15, -0.1) is 0 Å². The van der Waals surface area contributed by atoms with Gasteiger partial charge in [0.25, 0.3) is 0 Å². The Balaban J connectivity index is 1.90. The van der Waals surface area contributed by atoms with E-state index in [0.29, 0.717) is 12.8 Å². The Morgan fingerprint density at radius 3 is 2.62 bits per heavy atom. The van der Waals surface area contributed by atoms with Gasteiger partial charge in [-0.2, -0.15) is 4.98 Å². The zero-order valence-electron chi connectivity index (χ0n) is 11.3. The second-order valence-corrected chi connectivity index (χ2v) is 5.23. The number of halogens is 2. The number of benzene rings is 1. The van der Waals surface area contributed by atoms with Gasteiger partial charge >= 0.3 is 0 Å². The van der Waals surface area contributed by atoms with Gasteiger partial charge in [-0.25, -0.2) is 8.78 Å². The van der Waals surface area contributed by atoms with Crippen molar-refractivity contribution in [1.82, 2.24) is 10.1 Å². The molecule has 0 spiro atoms. The van der Waals surface area contributed by atoms with Gasteiger partial charge in [0.1, 0.15) is 17.4 Å². The molecule has 1 unspecified atom stereocenters. The van der Waals surface area contributed by atoms with E-state index < -0.39 is 17.6 Å². The van der Waals surface area contributed by atoms with Crippen molar-refractivity contribution in [2.75, 3.05) is 0 Å². The fourth-order valence-electron chi connectivity index (χ4n) is 2.60. The number of hydrogen-bond donors (Lipinski definition) is 0. The first kappa shape index (κ1) is 13.9. The zero-order chi connectivity index (χ0) is 14.8. The minimum atomic E-state index is -0.707. The average Bonchev–Trinajstić information content (AvgIpc) is 2.81. The van der Waals surface area contributed by atoms with Gasteiger partial charge in [0.15, 0.2) is 0 Å². The monoisotopic (exact) mass is 292 g/mol. The lowest BCUT2D eigenvalue weighted by atomic mass is 9.99. The summed E-state index contributed by atoms with van der Waals surface area (Å²) in [5.41, 5.74) is 0.198. The lowest BCUT2D eigenvalue weighted by molar-refractivity contribution is -0.120. The van der Waals surface area contributed by atoms with Crippen molar-refractivity contribution < 1.29 is 18.1 Å². The SMILES string of the molecule is O=C1CCCCCC1c1nc(-c2cc(F)cc(F)c2)no1. The van der Waals surface area contributed by atoms with E-state index in [1.54, 1.807) is 0 Å². The maximum absolute atomic E-state index is 13.2. The predicted octanol–water partition coefficient (Wildman–Crippen LogP) is 3.63. The average molecular weight is 292 g/mol. The summed E-state index contributed by atoms with van der Waals surface area (Å²) in [5, 5.41) is 3.74. The Morgan fingerprint density at radius 2 is 1.86 bits per heavy atom. The summed E-state index contributed by atoms with van der Waals surface area (Å²) in [6, 6.07) is 3.04. The Labute approximate surface area is 120 Å². The third-order valence-corrected chi connectivity index (χ3v) is 3.67. The van der Waals surface area contributed by atoms with Crippen LogP contribution in [0.25, 0.3) is 11.4 Å². The van der Waals surface area contributed by atoms with E-state index in [1.165, 1.54) is 0 Å². The molecule has 1 atom stereocenters. The van der Waals surface area contributed by atoms with Gasteiger partial charge in [-0.3, -0.25) is 4.79 Å². The highest BCUT2D eigenvalue weighted by molar-refractivity contribution is 5.85. The standard InChI is InChI=1S/C15H14F2N2O2/c16-10-6-9(7-11(17)8-10)14-18-15(21-19-14)12-4-2-1-3-5-13(12)20/h6-8,12H,1-5H2. The molecule has 0 N–H and O–H groups in total. The third kappa shape index (κ3) is 2.99. The minimum Gasteiger partial charge on any atom is -0.338 e. The van der Waals surface area contributed by atoms with Crippen molar-refractivity contribution in [1.29, 1.82) is 0 Å². The highest BCUT2D eigenvalue weighted by atomic mass is 19.1. The minimum absolute atomic E-state index is 0.0909. The van der Waals surface area contributed by atoms with E-state index in [4.69, 9.17) is 4.52 Å². The van der Waals surface area contributed by atoms with Crippen molar-refractivity contribution in [3.8, 4) is 11.4 Å². The van der Waals surface area contributed by atoms with Crippen molar-refractivity contribution in [3.05, 3.63) is 35.7 Å². The molecule has 0 amide bonds. The van der Waals surface area contributed by atoms with Crippen molar-refractivity contribution in [2.24, 2.45) is 0 Å². The maximum atomic E-state index is 13.2. The van der Waals surface area contributed by atoms with Gasteiger partial charge in [0.2, 0.25) is 11.7 Å². The number of Topliss-reactive ketones (excluding diaryl/α,β-unsaturated/α-hetero) is 1. The molecule has 1 aliphatic rings. The Hall–Kier alpha value is -2.11. The van der Waals surface area contributed by atoms with Gasteiger partial charge in [0.05, 0.1) is 5.92 Å². The van der Waals surface area contributed by atoms with Crippen LogP contribution in [0.5, 0.6) is 0 Å². The summed E-state index contributed by atoms with van der Waals surface area (Å²) in [4.78, 5) is 16.2. The molecule has 1 saturated carbocycles. The number of rotatable bonds is 2. The fraction of sp³-hybridized carbons (Fsp3) is 0.400. The Bertz CT molecular complexity index is 649. The van der Waals surface area contributed by atoms with Crippen LogP contribution in [-0.4, -0.2) is 15.9 Å². The predicted molar refractivity (Wildman–Crippen MR) is 70.5 cm³/mol. The van der Waals surface area contributed by atoms with E-state index in [0.717, 1.165) is 37.5 Å². The largest absolute Gasteiger partial charge is 0.338 e. The van der Waals surface area contributed by atoms with Gasteiger partial charge in [-0.05, 0) is 25.0 Å². The molecule has 1 heterocycles. The first-order valence-electron chi connectivity index (χ1n) is 6.96. The van der Waals surface area contributed by atoms with E-state index in [2.05, 4.69) is 10.1 Å². The van der Waals surface area contributed by atoms with E-state index >= 15 is 0 Å². The summed E-state index contributed by atoms with van der Waals surface area (Å²) in [7, 11) is 0. The lowest BCUT2D eigenvalue weighted by Crippen LogP contribution is -2.10. The van der Waals surface area contributed by atoms with Crippen LogP contribution in [0.3, 0.4) is 0 Å². The molecule has 3 rings (SSSR count). The number of nitrogens with zero attached hydrogens (tertiary/aromatic N) is 2. The summed E-state index contributed by atoms with van der Waals surface area (Å²) in [5.74, 6) is -1.38. The normalized spacial score (nSPS) is 19.5. The highest BCUT2D eigenvalue weighted by Gasteiger charge is 2.28. The van der Waals surface area contributed by atoms with Gasteiger partial charge in [-0.1, -0.05) is 18.0 Å². The second kappa shape index (κ2) is 5.71. The quantitative estimate of drug-likeness (QED) is 0.793. The fourth-order valence-corrected chi connectivity index (χ4v) is 2.60. The topological polar surface area (TPSA) is 56.0 Å². The Morgan fingerprint density at radius 1 is 1.10 bits per heavy atom. The molecule has 0 bridgehead atoms. The van der Waals surface area contributed by atoms with Crippen molar-refractivity contribution in [2.45, 2.75) is 38.0 Å². The highest BCUT2D eigenvalue weighted by Crippen LogP contribution is 2.29. The van der Waals surface area contributed by atoms with Crippen LogP contribution in [0, 0.1) is 11.6 Å². The molecule has 1 aromatic heterocycles. The molecule has 1 fully saturated rings. The van der Waals surface area contributed by atoms with Crippen molar-refractivity contribution >= 4 is 5.78 Å². The molecular weight excluding hydrogens is 278 g/mol. The molecule has 0 aliphatic heterocycles. The molecule has 1 aromatic carbocycles. The van der Waals surface area contributed by atoms with Crippen LogP contribution < -0.4 is 0 Å². The first-order valence-corrected chi connectivity index (χ1v) is 6.96. The number of hydrogen-bond acceptors (Lipinski definition) is 4.